The van der Waals surface area contributed by atoms with Gasteiger partial charge in [0.25, 0.3) is 5.91 Å². The highest BCUT2D eigenvalue weighted by atomic mass is 32.2. The number of carbonyl (C=O) groups is 1. The van der Waals surface area contributed by atoms with E-state index in [1.807, 2.05) is 0 Å². The van der Waals surface area contributed by atoms with Gasteiger partial charge < -0.3 is 11.1 Å². The van der Waals surface area contributed by atoms with Gasteiger partial charge in [-0.1, -0.05) is 11.8 Å². The Morgan fingerprint density at radius 3 is 2.89 bits per heavy atom. The van der Waals surface area contributed by atoms with E-state index in [2.05, 4.69) is 20.3 Å². The molecule has 142 valence electrons. The fourth-order valence-electron chi connectivity index (χ4n) is 2.79. The summed E-state index contributed by atoms with van der Waals surface area (Å²) in [5, 5.41) is 2.41. The maximum Gasteiger partial charge on any atom is 0.277 e. The SMILES string of the molecule is C[C@@]1(c2cc(NC(=O)c3ncc(F)cc3F)ccn2)C[C@@H](CF)SC(N)=N1. The highest BCUT2D eigenvalue weighted by molar-refractivity contribution is 8.14. The second-order valence-electron chi connectivity index (χ2n) is 6.19. The maximum atomic E-state index is 13.7. The molecule has 0 aliphatic carbocycles. The molecule has 3 N–H and O–H groups in total. The van der Waals surface area contributed by atoms with E-state index in [1.165, 1.54) is 24.0 Å². The monoisotopic (exact) mass is 395 g/mol. The van der Waals surface area contributed by atoms with Crippen molar-refractivity contribution in [2.45, 2.75) is 24.1 Å². The summed E-state index contributed by atoms with van der Waals surface area (Å²) < 4.78 is 39.8. The number of halogens is 3. The van der Waals surface area contributed by atoms with Gasteiger partial charge in [0.15, 0.2) is 16.7 Å². The van der Waals surface area contributed by atoms with Gasteiger partial charge in [-0.05, 0) is 25.5 Å². The molecular weight excluding hydrogens is 379 g/mol. The molecule has 0 radical (unpaired) electrons. The molecule has 0 unspecified atom stereocenters. The van der Waals surface area contributed by atoms with Gasteiger partial charge in [0, 0.05) is 23.2 Å². The van der Waals surface area contributed by atoms with Gasteiger partial charge in [-0.3, -0.25) is 9.78 Å². The van der Waals surface area contributed by atoms with E-state index in [0.29, 0.717) is 23.9 Å². The number of hydrogen-bond donors (Lipinski definition) is 2. The van der Waals surface area contributed by atoms with Crippen molar-refractivity contribution in [2.75, 3.05) is 12.0 Å². The number of aliphatic imine (C=N–C) groups is 1. The van der Waals surface area contributed by atoms with E-state index < -0.39 is 35.4 Å². The van der Waals surface area contributed by atoms with Crippen molar-refractivity contribution >= 4 is 28.5 Å². The molecule has 2 atom stereocenters. The van der Waals surface area contributed by atoms with Gasteiger partial charge in [0.2, 0.25) is 0 Å². The molecule has 0 saturated heterocycles. The first-order chi connectivity index (χ1) is 12.8. The lowest BCUT2D eigenvalue weighted by Crippen LogP contribution is -2.35. The zero-order valence-corrected chi connectivity index (χ0v) is 15.1. The van der Waals surface area contributed by atoms with E-state index in [1.54, 1.807) is 13.0 Å². The number of rotatable bonds is 4. The molecule has 2 aromatic rings. The molecule has 3 heterocycles. The fourth-order valence-corrected chi connectivity index (χ4v) is 3.86. The number of pyridine rings is 2. The molecular formula is C17H16F3N5OS. The number of nitrogens with one attached hydrogen (secondary N) is 1. The minimum atomic E-state index is -1.07. The van der Waals surface area contributed by atoms with Crippen molar-refractivity contribution in [3.05, 3.63) is 53.6 Å². The smallest absolute Gasteiger partial charge is 0.277 e. The summed E-state index contributed by atoms with van der Waals surface area (Å²) in [6.45, 7) is 1.22. The summed E-state index contributed by atoms with van der Waals surface area (Å²) in [5.74, 6) is -2.78. The van der Waals surface area contributed by atoms with Crippen LogP contribution in [0.2, 0.25) is 0 Å². The van der Waals surface area contributed by atoms with Crippen LogP contribution in [0.1, 0.15) is 29.5 Å². The van der Waals surface area contributed by atoms with Crippen molar-refractivity contribution in [1.82, 2.24) is 9.97 Å². The summed E-state index contributed by atoms with van der Waals surface area (Å²) in [7, 11) is 0. The fraction of sp³-hybridized carbons (Fsp3) is 0.294. The van der Waals surface area contributed by atoms with Crippen LogP contribution < -0.4 is 11.1 Å². The Hall–Kier alpha value is -2.62. The highest BCUT2D eigenvalue weighted by Crippen LogP contribution is 2.38. The van der Waals surface area contributed by atoms with Gasteiger partial charge in [0.1, 0.15) is 18.0 Å². The molecule has 3 rings (SSSR count). The summed E-state index contributed by atoms with van der Waals surface area (Å²) in [4.78, 5) is 24.3. The molecule has 0 fully saturated rings. The molecule has 6 nitrogen and oxygen atoms in total. The number of aromatic nitrogens is 2. The molecule has 0 saturated carbocycles. The van der Waals surface area contributed by atoms with Crippen molar-refractivity contribution in [3.8, 4) is 0 Å². The zero-order chi connectivity index (χ0) is 19.6. The number of carbonyl (C=O) groups excluding carboxylic acids is 1. The molecule has 0 spiro atoms. The first kappa shape index (κ1) is 19.2. The molecule has 0 aromatic carbocycles. The Labute approximate surface area is 157 Å². The molecule has 27 heavy (non-hydrogen) atoms. The number of amidine groups is 1. The molecule has 2 aromatic heterocycles. The molecule has 1 aliphatic rings. The van der Waals surface area contributed by atoms with Crippen LogP contribution in [0, 0.1) is 11.6 Å². The Morgan fingerprint density at radius 1 is 1.41 bits per heavy atom. The second kappa shape index (κ2) is 7.55. The van der Waals surface area contributed by atoms with Crippen LogP contribution in [0.15, 0.2) is 35.6 Å². The van der Waals surface area contributed by atoms with Crippen LogP contribution in [0.4, 0.5) is 18.9 Å². The minimum absolute atomic E-state index is 0.264. The largest absolute Gasteiger partial charge is 0.379 e. The Bertz CT molecular complexity index is 910. The number of amides is 1. The summed E-state index contributed by atoms with van der Waals surface area (Å²) in [5.41, 5.74) is 5.22. The molecule has 1 aliphatic heterocycles. The van der Waals surface area contributed by atoms with Gasteiger partial charge in [-0.15, -0.1) is 0 Å². The average molecular weight is 395 g/mol. The minimum Gasteiger partial charge on any atom is -0.379 e. The zero-order valence-electron chi connectivity index (χ0n) is 14.2. The Kier molecular flexibility index (Phi) is 5.36. The molecule has 10 heteroatoms. The summed E-state index contributed by atoms with van der Waals surface area (Å²) in [6.07, 6.45) is 2.58. The van der Waals surface area contributed by atoms with Crippen molar-refractivity contribution in [2.24, 2.45) is 10.7 Å². The van der Waals surface area contributed by atoms with E-state index in [9.17, 15) is 18.0 Å². The lowest BCUT2D eigenvalue weighted by molar-refractivity contribution is 0.101. The molecule has 0 bridgehead atoms. The number of anilines is 1. The number of nitrogens with zero attached hydrogens (tertiary/aromatic N) is 3. The second-order valence-corrected chi connectivity index (χ2v) is 7.51. The lowest BCUT2D eigenvalue weighted by atomic mass is 9.91. The average Bonchev–Trinajstić information content (AvgIpc) is 2.61. The third-order valence-corrected chi connectivity index (χ3v) is 4.99. The number of nitrogens with two attached hydrogens (primary N) is 1. The standard InChI is InChI=1S/C17H16F3N5OS/c1-17(6-11(7-18)27-16(21)25-17)13-5-10(2-3-22-13)24-15(26)14-12(20)4-9(19)8-23-14/h2-5,8,11H,6-7H2,1H3,(H2,21,25)(H,22,24,26)/t11-,17-/m0/s1. The van der Waals surface area contributed by atoms with E-state index >= 15 is 0 Å². The van der Waals surface area contributed by atoms with Crippen LogP contribution in [-0.2, 0) is 5.54 Å². The van der Waals surface area contributed by atoms with Crippen molar-refractivity contribution < 1.29 is 18.0 Å². The Morgan fingerprint density at radius 2 is 2.19 bits per heavy atom. The van der Waals surface area contributed by atoms with Crippen LogP contribution in [-0.4, -0.2) is 33.0 Å². The van der Waals surface area contributed by atoms with Gasteiger partial charge >= 0.3 is 0 Å². The van der Waals surface area contributed by atoms with Gasteiger partial charge in [0.05, 0.1) is 11.9 Å². The van der Waals surface area contributed by atoms with E-state index in [-0.39, 0.29) is 10.4 Å². The summed E-state index contributed by atoms with van der Waals surface area (Å²) in [6, 6.07) is 3.64. The van der Waals surface area contributed by atoms with Crippen molar-refractivity contribution in [3.63, 3.8) is 0 Å². The van der Waals surface area contributed by atoms with Gasteiger partial charge in [-0.2, -0.15) is 0 Å². The van der Waals surface area contributed by atoms with Gasteiger partial charge in [-0.25, -0.2) is 23.1 Å². The van der Waals surface area contributed by atoms with Crippen LogP contribution in [0.25, 0.3) is 0 Å². The highest BCUT2D eigenvalue weighted by Gasteiger charge is 2.36. The number of hydrogen-bond acceptors (Lipinski definition) is 6. The third kappa shape index (κ3) is 4.21. The normalized spacial score (nSPS) is 22.2. The van der Waals surface area contributed by atoms with E-state index in [4.69, 9.17) is 5.73 Å². The van der Waals surface area contributed by atoms with Crippen LogP contribution in [0.5, 0.6) is 0 Å². The number of alkyl halides is 1. The summed E-state index contributed by atoms with van der Waals surface area (Å²) >= 11 is 1.17. The predicted octanol–water partition coefficient (Wildman–Crippen LogP) is 3.01. The third-order valence-electron chi connectivity index (χ3n) is 4.03. The van der Waals surface area contributed by atoms with Crippen LogP contribution >= 0.6 is 11.8 Å². The topological polar surface area (TPSA) is 93.3 Å². The first-order valence-electron chi connectivity index (χ1n) is 7.97. The molecule has 1 amide bonds. The quantitative estimate of drug-likeness (QED) is 0.830. The Balaban J connectivity index is 1.85. The first-order valence-corrected chi connectivity index (χ1v) is 8.85. The van der Waals surface area contributed by atoms with E-state index in [0.717, 1.165) is 6.20 Å². The predicted molar refractivity (Wildman–Crippen MR) is 97.3 cm³/mol. The maximum absolute atomic E-state index is 13.7. The number of thioether (sulfide) groups is 1. The lowest BCUT2D eigenvalue weighted by Gasteiger charge is -2.32. The van der Waals surface area contributed by atoms with Crippen molar-refractivity contribution in [1.29, 1.82) is 0 Å². The van der Waals surface area contributed by atoms with Crippen LogP contribution in [0.3, 0.4) is 0 Å².